The Morgan fingerprint density at radius 3 is 2.11 bits per heavy atom. The summed E-state index contributed by atoms with van der Waals surface area (Å²) in [5, 5.41) is 0. The number of rotatable bonds is 10. The monoisotopic (exact) mass is 430 g/mol. The van der Waals surface area contributed by atoms with Crippen molar-refractivity contribution >= 4 is 28.6 Å². The van der Waals surface area contributed by atoms with Crippen molar-refractivity contribution in [3.05, 3.63) is 12.2 Å². The lowest BCUT2D eigenvalue weighted by molar-refractivity contribution is -0.174. The summed E-state index contributed by atoms with van der Waals surface area (Å²) in [6.45, 7) is 14.5. The SMILES string of the molecule is CCC(OC(C)OC(=O)/C=C/C(=O)OC1CCCCC1)[Si](C)(C)O[Si](C)(C)C. The Labute approximate surface area is 172 Å². The molecule has 2 atom stereocenters. The van der Waals surface area contributed by atoms with Gasteiger partial charge in [0.1, 0.15) is 6.10 Å². The molecule has 1 rings (SSSR count). The van der Waals surface area contributed by atoms with E-state index in [1.54, 1.807) is 6.92 Å². The van der Waals surface area contributed by atoms with E-state index in [1.807, 2.05) is 6.92 Å². The second kappa shape index (κ2) is 11.3. The molecular weight excluding hydrogens is 392 g/mol. The minimum atomic E-state index is -2.09. The van der Waals surface area contributed by atoms with E-state index >= 15 is 0 Å². The van der Waals surface area contributed by atoms with Crippen LogP contribution in [0.15, 0.2) is 12.2 Å². The lowest BCUT2D eigenvalue weighted by Crippen LogP contribution is -2.53. The molecule has 1 fully saturated rings. The molecule has 0 aromatic rings. The predicted octanol–water partition coefficient (Wildman–Crippen LogP) is 4.70. The molecule has 2 unspecified atom stereocenters. The number of hydrogen-bond acceptors (Lipinski definition) is 6. The first-order valence-corrected chi connectivity index (χ1v) is 16.8. The fourth-order valence-corrected chi connectivity index (χ4v) is 11.9. The Morgan fingerprint density at radius 2 is 1.57 bits per heavy atom. The van der Waals surface area contributed by atoms with Crippen LogP contribution in [0, 0.1) is 0 Å². The van der Waals surface area contributed by atoms with Gasteiger partial charge in [-0.05, 0) is 71.8 Å². The van der Waals surface area contributed by atoms with Crippen molar-refractivity contribution < 1.29 is 27.9 Å². The van der Waals surface area contributed by atoms with E-state index in [1.165, 1.54) is 6.42 Å². The van der Waals surface area contributed by atoms with E-state index in [0.717, 1.165) is 44.3 Å². The van der Waals surface area contributed by atoms with E-state index in [2.05, 4.69) is 32.7 Å². The molecule has 0 aromatic carbocycles. The van der Waals surface area contributed by atoms with Gasteiger partial charge in [-0.15, -0.1) is 0 Å². The second-order valence-electron chi connectivity index (χ2n) is 8.89. The normalized spacial score (nSPS) is 18.7. The first kappa shape index (κ1) is 25.1. The van der Waals surface area contributed by atoms with Crippen LogP contribution in [-0.4, -0.2) is 46.7 Å². The van der Waals surface area contributed by atoms with Crippen molar-refractivity contribution in [2.75, 3.05) is 0 Å². The van der Waals surface area contributed by atoms with Crippen LogP contribution < -0.4 is 0 Å². The minimum Gasteiger partial charge on any atom is -0.459 e. The molecule has 0 radical (unpaired) electrons. The summed E-state index contributed by atoms with van der Waals surface area (Å²) >= 11 is 0. The molecule has 0 aliphatic heterocycles. The lowest BCUT2D eigenvalue weighted by atomic mass is 9.98. The van der Waals surface area contributed by atoms with Gasteiger partial charge in [-0.25, -0.2) is 9.59 Å². The summed E-state index contributed by atoms with van der Waals surface area (Å²) in [5.74, 6) is -1.12. The fourth-order valence-electron chi connectivity index (χ4n) is 3.59. The fraction of sp³-hybridized carbons (Fsp3) is 0.800. The van der Waals surface area contributed by atoms with E-state index in [0.29, 0.717) is 0 Å². The molecule has 8 heteroatoms. The molecule has 1 saturated carbocycles. The summed E-state index contributed by atoms with van der Waals surface area (Å²) in [4.78, 5) is 23.8. The standard InChI is InChI=1S/C20H38O6Si2/c1-8-20(28(6,7)26-27(3,4)5)24-16(2)23-18(21)14-15-19(22)25-17-12-10-9-11-13-17/h14-17,20H,8-13H2,1-7H3/b15-14+. The molecule has 1 aliphatic rings. The average molecular weight is 431 g/mol. The molecule has 1 aliphatic carbocycles. The van der Waals surface area contributed by atoms with Gasteiger partial charge in [-0.2, -0.15) is 0 Å². The number of esters is 2. The molecular formula is C20H38O6Si2. The van der Waals surface area contributed by atoms with E-state index in [4.69, 9.17) is 18.3 Å². The zero-order valence-electron chi connectivity index (χ0n) is 18.6. The summed E-state index contributed by atoms with van der Waals surface area (Å²) in [5.41, 5.74) is -0.0812. The molecule has 0 N–H and O–H groups in total. The highest BCUT2D eigenvalue weighted by Gasteiger charge is 2.38. The van der Waals surface area contributed by atoms with Gasteiger partial charge >= 0.3 is 11.9 Å². The van der Waals surface area contributed by atoms with Crippen molar-refractivity contribution in [1.82, 2.24) is 0 Å². The Morgan fingerprint density at radius 1 is 1.00 bits per heavy atom. The van der Waals surface area contributed by atoms with Gasteiger partial charge in [-0.3, -0.25) is 0 Å². The Hall–Kier alpha value is -0.966. The van der Waals surface area contributed by atoms with Gasteiger partial charge in [0, 0.05) is 12.2 Å². The van der Waals surface area contributed by atoms with Crippen LogP contribution >= 0.6 is 0 Å². The van der Waals surface area contributed by atoms with Crippen LogP contribution in [0.5, 0.6) is 0 Å². The predicted molar refractivity (Wildman–Crippen MR) is 115 cm³/mol. The highest BCUT2D eigenvalue weighted by molar-refractivity contribution is 6.84. The first-order chi connectivity index (χ1) is 12.9. The van der Waals surface area contributed by atoms with Gasteiger partial charge in [0.05, 0.1) is 5.73 Å². The van der Waals surface area contributed by atoms with Gasteiger partial charge in [-0.1, -0.05) is 13.3 Å². The molecule has 6 nitrogen and oxygen atoms in total. The lowest BCUT2D eigenvalue weighted by Gasteiger charge is -2.38. The first-order valence-electron chi connectivity index (χ1n) is 10.4. The Kier molecular flexibility index (Phi) is 10.1. The van der Waals surface area contributed by atoms with Crippen molar-refractivity contribution in [2.24, 2.45) is 0 Å². The molecule has 0 aromatic heterocycles. The van der Waals surface area contributed by atoms with Gasteiger partial charge in [0.25, 0.3) is 0 Å². The molecule has 0 heterocycles. The number of ether oxygens (including phenoxy) is 3. The zero-order valence-corrected chi connectivity index (χ0v) is 20.6. The van der Waals surface area contributed by atoms with Gasteiger partial charge in [0.2, 0.25) is 14.6 Å². The molecule has 28 heavy (non-hydrogen) atoms. The molecule has 0 bridgehead atoms. The third-order valence-electron chi connectivity index (χ3n) is 4.54. The number of carbonyl (C=O) groups is 2. The highest BCUT2D eigenvalue weighted by atomic mass is 28.4. The van der Waals surface area contributed by atoms with Crippen molar-refractivity contribution in [3.8, 4) is 0 Å². The summed E-state index contributed by atoms with van der Waals surface area (Å²) in [6.07, 6.45) is 7.42. The van der Waals surface area contributed by atoms with Crippen LogP contribution in [0.4, 0.5) is 0 Å². The molecule has 0 saturated heterocycles. The van der Waals surface area contributed by atoms with E-state index in [-0.39, 0.29) is 11.8 Å². The van der Waals surface area contributed by atoms with E-state index in [9.17, 15) is 9.59 Å². The second-order valence-corrected chi connectivity index (χ2v) is 17.8. The summed E-state index contributed by atoms with van der Waals surface area (Å²) < 4.78 is 23.0. The van der Waals surface area contributed by atoms with Crippen molar-refractivity contribution in [2.45, 2.75) is 103 Å². The maximum atomic E-state index is 12.0. The summed E-state index contributed by atoms with van der Waals surface area (Å²) in [7, 11) is -3.77. The van der Waals surface area contributed by atoms with Gasteiger partial charge < -0.3 is 18.3 Å². The quantitative estimate of drug-likeness (QED) is 0.216. The highest BCUT2D eigenvalue weighted by Crippen LogP contribution is 2.23. The Bertz CT molecular complexity index is 535. The van der Waals surface area contributed by atoms with Crippen molar-refractivity contribution in [3.63, 3.8) is 0 Å². The molecule has 0 amide bonds. The average Bonchev–Trinajstić information content (AvgIpc) is 2.56. The third kappa shape index (κ3) is 10.00. The van der Waals surface area contributed by atoms with Crippen LogP contribution in [0.1, 0.15) is 52.4 Å². The van der Waals surface area contributed by atoms with Crippen LogP contribution in [-0.2, 0) is 27.9 Å². The number of hydrogen-bond donors (Lipinski definition) is 0. The third-order valence-corrected chi connectivity index (χ3v) is 11.2. The largest absolute Gasteiger partial charge is 0.459 e. The maximum absolute atomic E-state index is 12.0. The van der Waals surface area contributed by atoms with Crippen LogP contribution in [0.3, 0.4) is 0 Å². The molecule has 0 spiro atoms. The smallest absolute Gasteiger partial charge is 0.333 e. The van der Waals surface area contributed by atoms with Gasteiger partial charge in [0.15, 0.2) is 8.32 Å². The molecule has 162 valence electrons. The Balaban J connectivity index is 2.48. The zero-order chi connectivity index (χ0) is 21.4. The van der Waals surface area contributed by atoms with E-state index < -0.39 is 34.9 Å². The maximum Gasteiger partial charge on any atom is 0.333 e. The van der Waals surface area contributed by atoms with Crippen LogP contribution in [0.25, 0.3) is 0 Å². The van der Waals surface area contributed by atoms with Crippen molar-refractivity contribution in [1.29, 1.82) is 0 Å². The van der Waals surface area contributed by atoms with Crippen LogP contribution in [0.2, 0.25) is 32.7 Å². The minimum absolute atomic E-state index is 0.0342. The topological polar surface area (TPSA) is 71.1 Å². The summed E-state index contributed by atoms with van der Waals surface area (Å²) in [6, 6.07) is 0. The number of carbonyl (C=O) groups excluding carboxylic acids is 2.